The summed E-state index contributed by atoms with van der Waals surface area (Å²) < 4.78 is 28.3. The molecule has 6 nitrogen and oxygen atoms in total. The number of hydrogen-bond donors (Lipinski definition) is 1. The summed E-state index contributed by atoms with van der Waals surface area (Å²) in [5, 5.41) is 2.81. The number of sulfone groups is 1. The summed E-state index contributed by atoms with van der Waals surface area (Å²) in [6.07, 6.45) is 1.13. The summed E-state index contributed by atoms with van der Waals surface area (Å²) >= 11 is 0. The first-order chi connectivity index (χ1) is 9.86. The Kier molecular flexibility index (Phi) is 4.97. The molecule has 1 amide bonds. The Morgan fingerprint density at radius 1 is 1.38 bits per heavy atom. The van der Waals surface area contributed by atoms with Gasteiger partial charge in [0.25, 0.3) is 5.91 Å². The van der Waals surface area contributed by atoms with Crippen LogP contribution in [0, 0.1) is 0 Å². The van der Waals surface area contributed by atoms with Gasteiger partial charge in [-0.05, 0) is 31.3 Å². The number of ether oxygens (including phenoxy) is 1. The fraction of sp³-hybridized carbons (Fsp3) is 0.500. The highest BCUT2D eigenvalue weighted by Crippen LogP contribution is 2.10. The van der Waals surface area contributed by atoms with Gasteiger partial charge < -0.3 is 15.0 Å². The molecule has 1 heterocycles. The average Bonchev–Trinajstić information content (AvgIpc) is 2.44. The van der Waals surface area contributed by atoms with Crippen LogP contribution in [-0.2, 0) is 14.6 Å². The largest absolute Gasteiger partial charge is 0.374 e. The number of nitrogens with one attached hydrogen (secondary N) is 1. The summed E-state index contributed by atoms with van der Waals surface area (Å²) in [6.45, 7) is 2.79. The molecule has 1 aliphatic heterocycles. The van der Waals surface area contributed by atoms with Crippen LogP contribution in [0.3, 0.4) is 0 Å². The van der Waals surface area contributed by atoms with E-state index in [9.17, 15) is 13.2 Å². The van der Waals surface area contributed by atoms with E-state index in [4.69, 9.17) is 4.74 Å². The molecule has 1 fully saturated rings. The van der Waals surface area contributed by atoms with E-state index in [1.165, 1.54) is 24.3 Å². The highest BCUT2D eigenvalue weighted by molar-refractivity contribution is 7.90. The van der Waals surface area contributed by atoms with Crippen LogP contribution in [0.2, 0.25) is 0 Å². The molecule has 0 saturated carbocycles. The van der Waals surface area contributed by atoms with E-state index >= 15 is 0 Å². The second-order valence-corrected chi connectivity index (χ2v) is 7.28. The number of amides is 1. The summed E-state index contributed by atoms with van der Waals surface area (Å²) in [6, 6.07) is 5.91. The van der Waals surface area contributed by atoms with Crippen LogP contribution in [-0.4, -0.2) is 64.9 Å². The molecule has 116 valence electrons. The number of morpholine rings is 1. The summed E-state index contributed by atoms with van der Waals surface area (Å²) in [5.74, 6) is -0.230. The van der Waals surface area contributed by atoms with Gasteiger partial charge in [0.1, 0.15) is 0 Å². The molecular weight excluding hydrogens is 292 g/mol. The molecule has 1 atom stereocenters. The molecule has 1 aliphatic rings. The van der Waals surface area contributed by atoms with Crippen LogP contribution in [0.4, 0.5) is 0 Å². The second-order valence-electron chi connectivity index (χ2n) is 5.26. The van der Waals surface area contributed by atoms with Crippen LogP contribution < -0.4 is 5.32 Å². The predicted molar refractivity (Wildman–Crippen MR) is 79.1 cm³/mol. The van der Waals surface area contributed by atoms with Gasteiger partial charge in [0.05, 0.1) is 17.6 Å². The zero-order valence-corrected chi connectivity index (χ0v) is 13.0. The Balaban J connectivity index is 1.91. The smallest absolute Gasteiger partial charge is 0.251 e. The van der Waals surface area contributed by atoms with Crippen molar-refractivity contribution in [3.05, 3.63) is 29.8 Å². The third-order valence-electron chi connectivity index (χ3n) is 3.38. The maximum Gasteiger partial charge on any atom is 0.251 e. The standard InChI is InChI=1S/C14H20N2O4S/c1-16-7-8-20-12(10-16)9-15-14(17)11-3-5-13(6-4-11)21(2,18)19/h3-6,12H,7-10H2,1-2H3,(H,15,17). The minimum Gasteiger partial charge on any atom is -0.374 e. The number of carbonyl (C=O) groups is 1. The van der Waals surface area contributed by atoms with Gasteiger partial charge in [0, 0.05) is 31.5 Å². The van der Waals surface area contributed by atoms with Gasteiger partial charge >= 0.3 is 0 Å². The van der Waals surface area contributed by atoms with Crippen molar-refractivity contribution in [2.75, 3.05) is 39.5 Å². The van der Waals surface area contributed by atoms with Crippen molar-refractivity contribution in [1.82, 2.24) is 10.2 Å². The van der Waals surface area contributed by atoms with E-state index in [1.54, 1.807) is 0 Å². The topological polar surface area (TPSA) is 75.7 Å². The molecule has 0 radical (unpaired) electrons. The molecule has 2 rings (SSSR count). The molecule has 1 N–H and O–H groups in total. The molecule has 1 saturated heterocycles. The van der Waals surface area contributed by atoms with E-state index in [0.29, 0.717) is 18.7 Å². The SMILES string of the molecule is CN1CCOC(CNC(=O)c2ccc(S(C)(=O)=O)cc2)C1. The summed E-state index contributed by atoms with van der Waals surface area (Å²) in [5.41, 5.74) is 0.437. The number of hydrogen-bond acceptors (Lipinski definition) is 5. The molecule has 1 aromatic rings. The fourth-order valence-electron chi connectivity index (χ4n) is 2.15. The van der Waals surface area contributed by atoms with E-state index in [-0.39, 0.29) is 16.9 Å². The number of benzene rings is 1. The molecule has 0 aromatic heterocycles. The lowest BCUT2D eigenvalue weighted by Crippen LogP contribution is -2.45. The first-order valence-electron chi connectivity index (χ1n) is 6.75. The second kappa shape index (κ2) is 6.55. The summed E-state index contributed by atoms with van der Waals surface area (Å²) in [7, 11) is -1.22. The van der Waals surface area contributed by atoms with Gasteiger partial charge in [0.2, 0.25) is 0 Å². The van der Waals surface area contributed by atoms with E-state index in [1.807, 2.05) is 7.05 Å². The molecule has 0 bridgehead atoms. The molecular formula is C14H20N2O4S. The molecule has 7 heteroatoms. The molecule has 0 aliphatic carbocycles. The number of nitrogens with zero attached hydrogens (tertiary/aromatic N) is 1. The van der Waals surface area contributed by atoms with Gasteiger partial charge in [-0.2, -0.15) is 0 Å². The van der Waals surface area contributed by atoms with Crippen LogP contribution in [0.1, 0.15) is 10.4 Å². The van der Waals surface area contributed by atoms with Crippen molar-refractivity contribution in [1.29, 1.82) is 0 Å². The molecule has 1 unspecified atom stereocenters. The molecule has 0 spiro atoms. The highest BCUT2D eigenvalue weighted by Gasteiger charge is 2.18. The lowest BCUT2D eigenvalue weighted by Gasteiger charge is -2.30. The minimum atomic E-state index is -3.24. The van der Waals surface area contributed by atoms with Crippen LogP contribution >= 0.6 is 0 Å². The lowest BCUT2D eigenvalue weighted by atomic mass is 10.2. The Morgan fingerprint density at radius 3 is 2.62 bits per heavy atom. The maximum atomic E-state index is 12.0. The Morgan fingerprint density at radius 2 is 2.05 bits per heavy atom. The van der Waals surface area contributed by atoms with Gasteiger partial charge in [-0.15, -0.1) is 0 Å². The maximum absolute atomic E-state index is 12.0. The first kappa shape index (κ1) is 15.9. The van der Waals surface area contributed by atoms with Crippen molar-refractivity contribution >= 4 is 15.7 Å². The number of likely N-dealkylation sites (N-methyl/N-ethyl adjacent to an activating group) is 1. The van der Waals surface area contributed by atoms with E-state index < -0.39 is 9.84 Å². The lowest BCUT2D eigenvalue weighted by molar-refractivity contribution is -0.0175. The zero-order chi connectivity index (χ0) is 15.5. The van der Waals surface area contributed by atoms with Crippen molar-refractivity contribution in [2.24, 2.45) is 0 Å². The average molecular weight is 312 g/mol. The first-order valence-corrected chi connectivity index (χ1v) is 8.64. The number of carbonyl (C=O) groups excluding carboxylic acids is 1. The van der Waals surface area contributed by atoms with E-state index in [0.717, 1.165) is 19.3 Å². The van der Waals surface area contributed by atoms with Gasteiger partial charge in [0.15, 0.2) is 9.84 Å². The third-order valence-corrected chi connectivity index (χ3v) is 4.51. The highest BCUT2D eigenvalue weighted by atomic mass is 32.2. The predicted octanol–water partition coefficient (Wildman–Crippen LogP) is 0.151. The normalized spacial score (nSPS) is 20.2. The quantitative estimate of drug-likeness (QED) is 0.856. The Hall–Kier alpha value is -1.44. The Bertz CT molecular complexity index is 598. The molecule has 1 aromatic carbocycles. The van der Waals surface area contributed by atoms with E-state index in [2.05, 4.69) is 10.2 Å². The third kappa shape index (κ3) is 4.52. The number of rotatable bonds is 4. The van der Waals surface area contributed by atoms with Gasteiger partial charge in [-0.3, -0.25) is 4.79 Å². The van der Waals surface area contributed by atoms with Crippen molar-refractivity contribution in [2.45, 2.75) is 11.0 Å². The minimum absolute atomic E-state index is 0.0111. The summed E-state index contributed by atoms with van der Waals surface area (Å²) in [4.78, 5) is 14.4. The Labute approximate surface area is 125 Å². The fourth-order valence-corrected chi connectivity index (χ4v) is 2.78. The van der Waals surface area contributed by atoms with Crippen molar-refractivity contribution in [3.8, 4) is 0 Å². The van der Waals surface area contributed by atoms with Crippen LogP contribution in [0.15, 0.2) is 29.2 Å². The van der Waals surface area contributed by atoms with Gasteiger partial charge in [-0.25, -0.2) is 8.42 Å². The monoisotopic (exact) mass is 312 g/mol. The zero-order valence-electron chi connectivity index (χ0n) is 12.2. The van der Waals surface area contributed by atoms with Crippen molar-refractivity contribution in [3.63, 3.8) is 0 Å². The van der Waals surface area contributed by atoms with Crippen LogP contribution in [0.25, 0.3) is 0 Å². The molecule has 21 heavy (non-hydrogen) atoms. The van der Waals surface area contributed by atoms with Crippen LogP contribution in [0.5, 0.6) is 0 Å². The van der Waals surface area contributed by atoms with Gasteiger partial charge in [-0.1, -0.05) is 0 Å². The van der Waals surface area contributed by atoms with Crippen molar-refractivity contribution < 1.29 is 17.9 Å².